The number of pyridine rings is 1. The Kier molecular flexibility index (Phi) is 3.02. The van der Waals surface area contributed by atoms with Crippen LogP contribution in [0.15, 0.2) is 16.9 Å². The smallest absolute Gasteiger partial charge is 0.108 e. The van der Waals surface area contributed by atoms with Crippen molar-refractivity contribution in [1.82, 2.24) is 10.3 Å². The summed E-state index contributed by atoms with van der Waals surface area (Å²) in [6, 6.07) is 2.12. The van der Waals surface area contributed by atoms with Gasteiger partial charge in [-0.2, -0.15) is 0 Å². The van der Waals surface area contributed by atoms with Crippen molar-refractivity contribution in [3.8, 4) is 0 Å². The maximum atomic E-state index is 4.17. The van der Waals surface area contributed by atoms with Gasteiger partial charge in [0.1, 0.15) is 4.60 Å². The van der Waals surface area contributed by atoms with E-state index >= 15 is 0 Å². The van der Waals surface area contributed by atoms with Crippen LogP contribution in [0.4, 0.5) is 0 Å². The van der Waals surface area contributed by atoms with Crippen LogP contribution in [-0.2, 0) is 6.54 Å². The number of nitrogens with one attached hydrogen (secondary N) is 1. The van der Waals surface area contributed by atoms with Gasteiger partial charge in [-0.15, -0.1) is 0 Å². The standard InChI is InChI=1S/C8H11BrN2/c1-6-3-7(4-10-2)5-11-8(6)9/h3,5,10H,4H2,1-2H3. The molecule has 0 fully saturated rings. The molecule has 1 aromatic rings. The van der Waals surface area contributed by atoms with E-state index in [1.165, 1.54) is 11.1 Å². The number of aryl methyl sites for hydroxylation is 1. The molecule has 1 heterocycles. The minimum absolute atomic E-state index is 0.876. The number of halogens is 1. The first-order chi connectivity index (χ1) is 5.24. The molecule has 0 aliphatic heterocycles. The first-order valence-corrected chi connectivity index (χ1v) is 4.29. The Bertz CT molecular complexity index is 248. The first-order valence-electron chi connectivity index (χ1n) is 3.49. The second-order valence-electron chi connectivity index (χ2n) is 2.48. The van der Waals surface area contributed by atoms with Crippen molar-refractivity contribution < 1.29 is 0 Å². The van der Waals surface area contributed by atoms with Crippen molar-refractivity contribution in [2.45, 2.75) is 13.5 Å². The third-order valence-corrected chi connectivity index (χ3v) is 2.28. The maximum Gasteiger partial charge on any atom is 0.108 e. The van der Waals surface area contributed by atoms with Gasteiger partial charge < -0.3 is 5.32 Å². The monoisotopic (exact) mass is 214 g/mol. The Hall–Kier alpha value is -0.410. The highest BCUT2D eigenvalue weighted by Crippen LogP contribution is 2.12. The van der Waals surface area contributed by atoms with Crippen LogP contribution in [0.5, 0.6) is 0 Å². The molecule has 0 aliphatic carbocycles. The SMILES string of the molecule is CNCc1cnc(Br)c(C)c1. The highest BCUT2D eigenvalue weighted by Gasteiger charge is 1.96. The Morgan fingerprint density at radius 2 is 2.36 bits per heavy atom. The maximum absolute atomic E-state index is 4.17. The van der Waals surface area contributed by atoms with Gasteiger partial charge in [0.2, 0.25) is 0 Å². The number of nitrogens with zero attached hydrogens (tertiary/aromatic N) is 1. The van der Waals surface area contributed by atoms with Gasteiger partial charge in [-0.05, 0) is 41.0 Å². The van der Waals surface area contributed by atoms with Crippen LogP contribution in [0.25, 0.3) is 0 Å². The summed E-state index contributed by atoms with van der Waals surface area (Å²) in [5, 5.41) is 3.08. The number of hydrogen-bond donors (Lipinski definition) is 1. The van der Waals surface area contributed by atoms with Gasteiger partial charge in [-0.1, -0.05) is 6.07 Å². The molecule has 60 valence electrons. The van der Waals surface area contributed by atoms with Crippen LogP contribution in [0, 0.1) is 6.92 Å². The van der Waals surface area contributed by atoms with Crippen LogP contribution in [-0.4, -0.2) is 12.0 Å². The molecule has 0 aromatic carbocycles. The van der Waals surface area contributed by atoms with Crippen LogP contribution in [0.2, 0.25) is 0 Å². The lowest BCUT2D eigenvalue weighted by molar-refractivity contribution is 0.811. The zero-order valence-electron chi connectivity index (χ0n) is 6.69. The molecule has 1 rings (SSSR count). The predicted molar refractivity (Wildman–Crippen MR) is 49.4 cm³/mol. The summed E-state index contributed by atoms with van der Waals surface area (Å²) in [6.07, 6.45) is 1.87. The second kappa shape index (κ2) is 3.83. The predicted octanol–water partition coefficient (Wildman–Crippen LogP) is 1.87. The minimum atomic E-state index is 0.876. The van der Waals surface area contributed by atoms with E-state index < -0.39 is 0 Å². The second-order valence-corrected chi connectivity index (χ2v) is 3.23. The molecule has 3 heteroatoms. The fraction of sp³-hybridized carbons (Fsp3) is 0.375. The summed E-state index contributed by atoms with van der Waals surface area (Å²) in [5.74, 6) is 0. The average Bonchev–Trinajstić information content (AvgIpc) is 1.98. The number of rotatable bonds is 2. The van der Waals surface area contributed by atoms with Crippen LogP contribution in [0.1, 0.15) is 11.1 Å². The van der Waals surface area contributed by atoms with Gasteiger partial charge >= 0.3 is 0 Å². The molecule has 11 heavy (non-hydrogen) atoms. The molecular formula is C8H11BrN2. The quantitative estimate of drug-likeness (QED) is 0.761. The topological polar surface area (TPSA) is 24.9 Å². The van der Waals surface area contributed by atoms with E-state index in [2.05, 4.69) is 32.3 Å². The fourth-order valence-electron chi connectivity index (χ4n) is 0.917. The van der Waals surface area contributed by atoms with Crippen molar-refractivity contribution in [1.29, 1.82) is 0 Å². The highest BCUT2D eigenvalue weighted by molar-refractivity contribution is 9.10. The minimum Gasteiger partial charge on any atom is -0.316 e. The molecule has 0 unspecified atom stereocenters. The molecule has 0 aliphatic rings. The summed E-state index contributed by atoms with van der Waals surface area (Å²) in [6.45, 7) is 2.91. The van der Waals surface area contributed by atoms with Crippen LogP contribution in [0.3, 0.4) is 0 Å². The normalized spacial score (nSPS) is 10.1. The van der Waals surface area contributed by atoms with Gasteiger partial charge in [0.25, 0.3) is 0 Å². The van der Waals surface area contributed by atoms with E-state index in [9.17, 15) is 0 Å². The van der Waals surface area contributed by atoms with Crippen molar-refractivity contribution in [3.05, 3.63) is 28.0 Å². The third-order valence-electron chi connectivity index (χ3n) is 1.45. The van der Waals surface area contributed by atoms with Gasteiger partial charge in [-0.25, -0.2) is 4.98 Å². The summed E-state index contributed by atoms with van der Waals surface area (Å²) in [5.41, 5.74) is 2.39. The van der Waals surface area contributed by atoms with E-state index in [4.69, 9.17) is 0 Å². The van der Waals surface area contributed by atoms with Crippen molar-refractivity contribution >= 4 is 15.9 Å². The molecule has 1 aromatic heterocycles. The largest absolute Gasteiger partial charge is 0.316 e. The summed E-state index contributed by atoms with van der Waals surface area (Å²) in [7, 11) is 1.93. The number of aromatic nitrogens is 1. The molecule has 0 radical (unpaired) electrons. The lowest BCUT2D eigenvalue weighted by atomic mass is 10.2. The molecule has 0 saturated heterocycles. The molecule has 0 atom stereocenters. The van der Waals surface area contributed by atoms with Crippen molar-refractivity contribution in [2.24, 2.45) is 0 Å². The van der Waals surface area contributed by atoms with Crippen molar-refractivity contribution in [2.75, 3.05) is 7.05 Å². The molecule has 0 saturated carbocycles. The zero-order chi connectivity index (χ0) is 8.27. The highest BCUT2D eigenvalue weighted by atomic mass is 79.9. The Morgan fingerprint density at radius 3 is 2.91 bits per heavy atom. The van der Waals surface area contributed by atoms with E-state index in [0.29, 0.717) is 0 Å². The molecule has 2 nitrogen and oxygen atoms in total. The van der Waals surface area contributed by atoms with Gasteiger partial charge in [0, 0.05) is 12.7 Å². The van der Waals surface area contributed by atoms with E-state index in [0.717, 1.165) is 11.1 Å². The first kappa shape index (κ1) is 8.68. The molecular weight excluding hydrogens is 204 g/mol. The lowest BCUT2D eigenvalue weighted by Crippen LogP contribution is -2.05. The van der Waals surface area contributed by atoms with Gasteiger partial charge in [0.15, 0.2) is 0 Å². The van der Waals surface area contributed by atoms with Gasteiger partial charge in [0.05, 0.1) is 0 Å². The Labute approximate surface area is 75.2 Å². The number of hydrogen-bond acceptors (Lipinski definition) is 2. The Balaban J connectivity index is 2.86. The molecule has 0 bridgehead atoms. The summed E-state index contributed by atoms with van der Waals surface area (Å²) >= 11 is 3.35. The molecule has 0 spiro atoms. The van der Waals surface area contributed by atoms with E-state index in [1.807, 2.05) is 20.2 Å². The lowest BCUT2D eigenvalue weighted by Gasteiger charge is -2.01. The van der Waals surface area contributed by atoms with Crippen LogP contribution >= 0.6 is 15.9 Å². The Morgan fingerprint density at radius 1 is 1.64 bits per heavy atom. The zero-order valence-corrected chi connectivity index (χ0v) is 8.27. The van der Waals surface area contributed by atoms with Crippen LogP contribution < -0.4 is 5.32 Å². The van der Waals surface area contributed by atoms with Gasteiger partial charge in [-0.3, -0.25) is 0 Å². The molecule has 0 amide bonds. The van der Waals surface area contributed by atoms with Crippen molar-refractivity contribution in [3.63, 3.8) is 0 Å². The molecule has 1 N–H and O–H groups in total. The van der Waals surface area contributed by atoms with E-state index in [1.54, 1.807) is 0 Å². The third kappa shape index (κ3) is 2.27. The average molecular weight is 215 g/mol. The summed E-state index contributed by atoms with van der Waals surface area (Å²) < 4.78 is 0.928. The fourth-order valence-corrected chi connectivity index (χ4v) is 1.13. The van der Waals surface area contributed by atoms with E-state index in [-0.39, 0.29) is 0 Å². The summed E-state index contributed by atoms with van der Waals surface area (Å²) in [4.78, 5) is 4.17.